The molecule has 0 atom stereocenters. The molecule has 1 radical (unpaired) electrons. The monoisotopic (exact) mass is 442 g/mol. The zero-order valence-electron chi connectivity index (χ0n) is 15.6. The Hall–Kier alpha value is -1.81. The third kappa shape index (κ3) is 24.4. The number of hydrogen-bond donors (Lipinski definition) is 4. The minimum absolute atomic E-state index is 0. The van der Waals surface area contributed by atoms with Crippen LogP contribution in [0.3, 0.4) is 0 Å². The Morgan fingerprint density at radius 1 is 0.654 bits per heavy atom. The largest absolute Gasteiger partial charge is 0.512 e. The third-order valence-electron chi connectivity index (χ3n) is 2.15. The molecule has 155 valence electrons. The average Bonchev–Trinajstić information content (AvgIpc) is 2.69. The van der Waals surface area contributed by atoms with Crippen molar-refractivity contribution in [3.8, 4) is 0 Å². The van der Waals surface area contributed by atoms with Gasteiger partial charge in [0.2, 0.25) is 0 Å². The Balaban J connectivity index is -0.0000000795. The van der Waals surface area contributed by atoms with Crippen LogP contribution >= 0.6 is 8.60 Å². The van der Waals surface area contributed by atoms with Crippen molar-refractivity contribution in [3.63, 3.8) is 0 Å². The molecule has 0 aliphatic heterocycles. The van der Waals surface area contributed by atoms with Crippen molar-refractivity contribution >= 4 is 31.4 Å². The summed E-state index contributed by atoms with van der Waals surface area (Å²) in [7, 11) is 3.31. The van der Waals surface area contributed by atoms with E-state index in [1.54, 1.807) is 21.3 Å². The maximum atomic E-state index is 8.03. The van der Waals surface area contributed by atoms with Gasteiger partial charge in [-0.05, 0) is 27.7 Å². The molecule has 0 aromatic heterocycles. The van der Waals surface area contributed by atoms with Gasteiger partial charge >= 0.3 is 8.60 Å². The zero-order chi connectivity index (χ0) is 20.8. The Bertz CT molecular complexity index is 385. The van der Waals surface area contributed by atoms with Crippen LogP contribution in [0.15, 0.2) is 20.6 Å². The molecule has 0 aliphatic rings. The predicted octanol–water partition coefficient (Wildman–Crippen LogP) is 2.35. The molecule has 0 spiro atoms. The van der Waals surface area contributed by atoms with Crippen LogP contribution in [0.1, 0.15) is 27.7 Å². The number of rotatable bonds is 5. The van der Waals surface area contributed by atoms with Crippen molar-refractivity contribution < 1.29 is 51.2 Å². The minimum Gasteiger partial charge on any atom is -0.512 e. The first kappa shape index (κ1) is 35.3. The molecular formula is C12H26CoN5O7P. The van der Waals surface area contributed by atoms with Gasteiger partial charge in [0.15, 0.2) is 0 Å². The standard InChI is InChI=1S/2C4H8N2O2.C3H10O3P.CN.Co/c2*1-3(5-7)4(2)6-8;1-4-7(5-2)6-3;1-2;/h2*7-8H,1-2H3;7H,1-3H3;;/q;;+1;-1;. The van der Waals surface area contributed by atoms with Crippen LogP contribution in [-0.2, 0) is 30.4 Å². The fourth-order valence-electron chi connectivity index (χ4n) is 0.539. The van der Waals surface area contributed by atoms with Crippen LogP contribution in [0.5, 0.6) is 0 Å². The van der Waals surface area contributed by atoms with Gasteiger partial charge in [-0.25, -0.2) is 0 Å². The minimum atomic E-state index is -1.36. The molecule has 0 rings (SSSR count). The van der Waals surface area contributed by atoms with E-state index >= 15 is 0 Å². The van der Waals surface area contributed by atoms with Gasteiger partial charge < -0.3 is 32.7 Å². The second-order valence-corrected chi connectivity index (χ2v) is 5.33. The van der Waals surface area contributed by atoms with Gasteiger partial charge in [-0.1, -0.05) is 20.6 Å². The smallest absolute Gasteiger partial charge is 0.397 e. The molecule has 0 saturated heterocycles. The van der Waals surface area contributed by atoms with Gasteiger partial charge in [-0.3, -0.25) is 0 Å². The van der Waals surface area contributed by atoms with Crippen LogP contribution in [0.4, 0.5) is 0 Å². The average molecular weight is 442 g/mol. The number of oxime groups is 4. The van der Waals surface area contributed by atoms with Gasteiger partial charge in [-0.15, -0.1) is 0 Å². The van der Waals surface area contributed by atoms with Crippen molar-refractivity contribution in [2.75, 3.05) is 21.3 Å². The van der Waals surface area contributed by atoms with E-state index in [9.17, 15) is 0 Å². The number of nitrogens with zero attached hydrogens (tertiary/aromatic N) is 5. The van der Waals surface area contributed by atoms with E-state index in [0.29, 0.717) is 22.8 Å². The van der Waals surface area contributed by atoms with Gasteiger partial charge in [0.1, 0.15) is 22.8 Å². The summed E-state index contributed by atoms with van der Waals surface area (Å²) >= 11 is 0. The van der Waals surface area contributed by atoms with Gasteiger partial charge in [0, 0.05) is 16.8 Å². The topological polar surface area (TPSA) is 182 Å². The summed E-state index contributed by atoms with van der Waals surface area (Å²) in [5, 5.41) is 49.5. The molecule has 14 heteroatoms. The second-order valence-electron chi connectivity index (χ2n) is 3.60. The summed E-state index contributed by atoms with van der Waals surface area (Å²) in [6.45, 7) is 10.9. The summed E-state index contributed by atoms with van der Waals surface area (Å²) < 4.78 is 14.1. The van der Waals surface area contributed by atoms with E-state index in [2.05, 4.69) is 20.6 Å². The van der Waals surface area contributed by atoms with Gasteiger partial charge in [0.25, 0.3) is 0 Å². The first-order valence-electron chi connectivity index (χ1n) is 6.26. The van der Waals surface area contributed by atoms with Crippen LogP contribution in [0, 0.1) is 11.8 Å². The molecule has 0 heterocycles. The van der Waals surface area contributed by atoms with Crippen molar-refractivity contribution in [3.05, 3.63) is 6.57 Å². The van der Waals surface area contributed by atoms with Gasteiger partial charge in [-0.2, -0.15) is 13.6 Å². The second kappa shape index (κ2) is 28.0. The Kier molecular flexibility index (Phi) is 38.1. The fraction of sp³-hybridized carbons (Fsp3) is 0.583. The molecule has 0 amide bonds. The Labute approximate surface area is 164 Å². The molecule has 0 unspecified atom stereocenters. The predicted molar refractivity (Wildman–Crippen MR) is 93.9 cm³/mol. The van der Waals surface area contributed by atoms with Crippen molar-refractivity contribution in [1.82, 2.24) is 0 Å². The molecule has 12 nitrogen and oxygen atoms in total. The van der Waals surface area contributed by atoms with Gasteiger partial charge in [0.05, 0.1) is 21.3 Å². The van der Waals surface area contributed by atoms with Crippen LogP contribution in [0.2, 0.25) is 0 Å². The van der Waals surface area contributed by atoms with Crippen LogP contribution in [-0.4, -0.2) is 65.0 Å². The Morgan fingerprint density at radius 2 is 0.808 bits per heavy atom. The Morgan fingerprint density at radius 3 is 0.846 bits per heavy atom. The summed E-state index contributed by atoms with van der Waals surface area (Å²) in [5.41, 5.74) is 1.25. The molecule has 0 aromatic rings. The van der Waals surface area contributed by atoms with Crippen molar-refractivity contribution in [2.24, 2.45) is 20.6 Å². The SMILES string of the molecule is CC(=NO)C(C)=NO.CC(=NO)C(C)=NO.CO[PH+](OC)OC.[C-]#N.[Co]. The molecule has 0 bridgehead atoms. The van der Waals surface area contributed by atoms with Crippen molar-refractivity contribution in [1.29, 1.82) is 5.26 Å². The van der Waals surface area contributed by atoms with E-state index in [1.165, 1.54) is 27.7 Å². The van der Waals surface area contributed by atoms with E-state index < -0.39 is 8.60 Å². The number of hydrogen-bond acceptors (Lipinski definition) is 12. The molecule has 0 aliphatic carbocycles. The van der Waals surface area contributed by atoms with E-state index in [1.807, 2.05) is 0 Å². The maximum absolute atomic E-state index is 8.03. The zero-order valence-corrected chi connectivity index (χ0v) is 17.6. The van der Waals surface area contributed by atoms with E-state index in [4.69, 9.17) is 46.2 Å². The molecule has 0 fully saturated rings. The summed E-state index contributed by atoms with van der Waals surface area (Å²) in [4.78, 5) is 0. The van der Waals surface area contributed by atoms with Crippen LogP contribution < -0.4 is 0 Å². The summed E-state index contributed by atoms with van der Waals surface area (Å²) in [6, 6.07) is 0. The molecule has 26 heavy (non-hydrogen) atoms. The summed E-state index contributed by atoms with van der Waals surface area (Å²) in [5.74, 6) is 0. The normalized spacial score (nSPS) is 11.6. The molecule has 0 saturated carbocycles. The maximum Gasteiger partial charge on any atom is 0.397 e. The first-order valence-corrected chi connectivity index (χ1v) is 7.48. The first-order chi connectivity index (χ1) is 11.8. The molecular weight excluding hydrogens is 416 g/mol. The fourth-order valence-corrected chi connectivity index (χ4v) is 1.04. The quantitative estimate of drug-likeness (QED) is 0.164. The van der Waals surface area contributed by atoms with Crippen LogP contribution in [0.25, 0.3) is 0 Å². The van der Waals surface area contributed by atoms with E-state index in [0.717, 1.165) is 0 Å². The van der Waals surface area contributed by atoms with E-state index in [-0.39, 0.29) is 16.8 Å². The molecule has 0 aromatic carbocycles. The third-order valence-corrected chi connectivity index (χ3v) is 3.15. The summed E-state index contributed by atoms with van der Waals surface area (Å²) in [6.07, 6.45) is 0. The van der Waals surface area contributed by atoms with Crippen molar-refractivity contribution in [2.45, 2.75) is 27.7 Å². The molecule has 4 N–H and O–H groups in total.